The monoisotopic (exact) mass is 367 g/mol. The van der Waals surface area contributed by atoms with Crippen molar-refractivity contribution in [2.24, 2.45) is 0 Å². The van der Waals surface area contributed by atoms with Gasteiger partial charge in [0.05, 0.1) is 0 Å². The van der Waals surface area contributed by atoms with Crippen LogP contribution in [0.5, 0.6) is 0 Å². The van der Waals surface area contributed by atoms with Gasteiger partial charge >= 0.3 is 6.09 Å². The highest BCUT2D eigenvalue weighted by atomic mass is 127. The molecule has 0 radical (unpaired) electrons. The summed E-state index contributed by atoms with van der Waals surface area (Å²) in [6.07, 6.45) is -0.401. The lowest BCUT2D eigenvalue weighted by Crippen LogP contribution is -2.23. The van der Waals surface area contributed by atoms with E-state index in [2.05, 4.69) is 27.9 Å². The van der Waals surface area contributed by atoms with E-state index >= 15 is 0 Å². The van der Waals surface area contributed by atoms with E-state index in [9.17, 15) is 4.79 Å². The molecule has 2 rings (SSSR count). The van der Waals surface area contributed by atoms with Gasteiger partial charge in [0.1, 0.15) is 6.61 Å². The minimum Gasteiger partial charge on any atom is -0.445 e. The summed E-state index contributed by atoms with van der Waals surface area (Å²) >= 11 is 2.25. The van der Waals surface area contributed by atoms with Gasteiger partial charge in [0.2, 0.25) is 0 Å². The molecule has 0 saturated carbocycles. The molecule has 0 aliphatic carbocycles. The lowest BCUT2D eigenvalue weighted by atomic mass is 10.2. The first-order chi connectivity index (χ1) is 9.24. The van der Waals surface area contributed by atoms with Crippen LogP contribution in [0.15, 0.2) is 54.6 Å². The van der Waals surface area contributed by atoms with E-state index in [1.807, 2.05) is 54.6 Å². The summed E-state index contributed by atoms with van der Waals surface area (Å²) in [6, 6.07) is 17.6. The highest BCUT2D eigenvalue weighted by Gasteiger charge is 2.02. The molecular formula is C15H14INO2. The Morgan fingerprint density at radius 3 is 2.37 bits per heavy atom. The Morgan fingerprint density at radius 2 is 1.68 bits per heavy atom. The Labute approximate surface area is 126 Å². The van der Waals surface area contributed by atoms with Crippen LogP contribution in [0.25, 0.3) is 0 Å². The van der Waals surface area contributed by atoms with Crippen LogP contribution in [0.3, 0.4) is 0 Å². The van der Waals surface area contributed by atoms with Gasteiger partial charge in [0, 0.05) is 10.1 Å². The van der Waals surface area contributed by atoms with Crippen LogP contribution in [-0.2, 0) is 17.9 Å². The highest BCUT2D eigenvalue weighted by molar-refractivity contribution is 14.1. The zero-order chi connectivity index (χ0) is 13.5. The fourth-order valence-electron chi connectivity index (χ4n) is 1.55. The quantitative estimate of drug-likeness (QED) is 0.837. The predicted octanol–water partition coefficient (Wildman–Crippen LogP) is 3.72. The van der Waals surface area contributed by atoms with Gasteiger partial charge < -0.3 is 10.1 Å². The first kappa shape index (κ1) is 13.9. The third-order valence-corrected chi connectivity index (χ3v) is 3.28. The fourth-order valence-corrected chi connectivity index (χ4v) is 1.91. The molecular weight excluding hydrogens is 353 g/mol. The van der Waals surface area contributed by atoms with Gasteiger partial charge in [0.15, 0.2) is 0 Å². The summed E-state index contributed by atoms with van der Waals surface area (Å²) in [4.78, 5) is 11.5. The second-order valence-electron chi connectivity index (χ2n) is 4.04. The van der Waals surface area contributed by atoms with Crippen LogP contribution < -0.4 is 5.32 Å². The minimum absolute atomic E-state index is 0.291. The maximum Gasteiger partial charge on any atom is 0.407 e. The molecule has 19 heavy (non-hydrogen) atoms. The number of nitrogens with one attached hydrogen (secondary N) is 1. The lowest BCUT2D eigenvalue weighted by Gasteiger charge is -2.07. The van der Waals surface area contributed by atoms with Gasteiger partial charge in [-0.3, -0.25) is 0 Å². The van der Waals surface area contributed by atoms with E-state index in [0.717, 1.165) is 11.1 Å². The zero-order valence-electron chi connectivity index (χ0n) is 10.3. The topological polar surface area (TPSA) is 38.3 Å². The van der Waals surface area contributed by atoms with Crippen molar-refractivity contribution < 1.29 is 9.53 Å². The summed E-state index contributed by atoms with van der Waals surface area (Å²) in [7, 11) is 0. The molecule has 98 valence electrons. The minimum atomic E-state index is -0.401. The molecule has 0 aromatic heterocycles. The molecule has 0 saturated heterocycles. The normalized spacial score (nSPS) is 9.95. The van der Waals surface area contributed by atoms with Crippen molar-refractivity contribution in [3.8, 4) is 0 Å². The molecule has 0 fully saturated rings. The van der Waals surface area contributed by atoms with E-state index < -0.39 is 6.09 Å². The molecule has 3 nitrogen and oxygen atoms in total. The Hall–Kier alpha value is -1.56. The van der Waals surface area contributed by atoms with Crippen LogP contribution in [0.4, 0.5) is 4.79 Å². The first-order valence-corrected chi connectivity index (χ1v) is 7.01. The van der Waals surface area contributed by atoms with Crippen molar-refractivity contribution in [1.29, 1.82) is 0 Å². The molecule has 1 amide bonds. The molecule has 2 aromatic rings. The van der Waals surface area contributed by atoms with Gasteiger partial charge in [-0.15, -0.1) is 0 Å². The molecule has 0 atom stereocenters. The molecule has 0 unspecified atom stereocenters. The van der Waals surface area contributed by atoms with E-state index in [1.165, 1.54) is 3.57 Å². The number of ether oxygens (including phenoxy) is 1. The number of carbonyl (C=O) groups is 1. The molecule has 0 spiro atoms. The molecule has 0 heterocycles. The summed E-state index contributed by atoms with van der Waals surface area (Å²) in [5.74, 6) is 0. The molecule has 2 aromatic carbocycles. The predicted molar refractivity (Wildman–Crippen MR) is 82.6 cm³/mol. The number of alkyl carbamates (subject to hydrolysis) is 1. The summed E-state index contributed by atoms with van der Waals surface area (Å²) in [6.45, 7) is 0.768. The fraction of sp³-hybridized carbons (Fsp3) is 0.133. The molecule has 0 aliphatic rings. The van der Waals surface area contributed by atoms with Gasteiger partial charge in [0.25, 0.3) is 0 Å². The number of halogens is 1. The Morgan fingerprint density at radius 1 is 1.00 bits per heavy atom. The van der Waals surface area contributed by atoms with Crippen molar-refractivity contribution in [3.05, 3.63) is 69.3 Å². The third kappa shape index (κ3) is 4.90. The molecule has 4 heteroatoms. The molecule has 0 aliphatic heterocycles. The van der Waals surface area contributed by atoms with Crippen LogP contribution in [0.2, 0.25) is 0 Å². The van der Waals surface area contributed by atoms with Crippen molar-refractivity contribution in [1.82, 2.24) is 5.32 Å². The summed E-state index contributed by atoms with van der Waals surface area (Å²) in [5.41, 5.74) is 2.03. The number of benzene rings is 2. The molecule has 0 bridgehead atoms. The lowest BCUT2D eigenvalue weighted by molar-refractivity contribution is 0.139. The van der Waals surface area contributed by atoms with Crippen LogP contribution in [0.1, 0.15) is 11.1 Å². The highest BCUT2D eigenvalue weighted by Crippen LogP contribution is 2.06. The van der Waals surface area contributed by atoms with Gasteiger partial charge in [-0.05, 0) is 45.9 Å². The van der Waals surface area contributed by atoms with E-state index in [1.54, 1.807) is 0 Å². The van der Waals surface area contributed by atoms with Crippen LogP contribution in [0, 0.1) is 3.57 Å². The van der Waals surface area contributed by atoms with Crippen LogP contribution in [-0.4, -0.2) is 6.09 Å². The van der Waals surface area contributed by atoms with Crippen LogP contribution >= 0.6 is 22.6 Å². The maximum absolute atomic E-state index is 11.5. The summed E-state index contributed by atoms with van der Waals surface area (Å²) < 4.78 is 6.30. The van der Waals surface area contributed by atoms with Crippen molar-refractivity contribution in [3.63, 3.8) is 0 Å². The number of carbonyl (C=O) groups excluding carboxylic acids is 1. The smallest absolute Gasteiger partial charge is 0.407 e. The second-order valence-corrected chi connectivity index (χ2v) is 5.29. The van der Waals surface area contributed by atoms with E-state index in [4.69, 9.17) is 4.74 Å². The largest absolute Gasteiger partial charge is 0.445 e. The SMILES string of the molecule is O=C(NCc1ccc(I)cc1)OCc1ccccc1. The third-order valence-electron chi connectivity index (χ3n) is 2.56. The van der Waals surface area contributed by atoms with Crippen molar-refractivity contribution >= 4 is 28.7 Å². The van der Waals surface area contributed by atoms with Crippen molar-refractivity contribution in [2.45, 2.75) is 13.2 Å². The van der Waals surface area contributed by atoms with E-state index in [-0.39, 0.29) is 0 Å². The average Bonchev–Trinajstić information content (AvgIpc) is 2.45. The number of rotatable bonds is 4. The Balaban J connectivity index is 1.74. The second kappa shape index (κ2) is 7.13. The van der Waals surface area contributed by atoms with E-state index in [0.29, 0.717) is 13.2 Å². The first-order valence-electron chi connectivity index (χ1n) is 5.93. The van der Waals surface area contributed by atoms with Crippen molar-refractivity contribution in [2.75, 3.05) is 0 Å². The number of hydrogen-bond donors (Lipinski definition) is 1. The number of hydrogen-bond acceptors (Lipinski definition) is 2. The number of amides is 1. The van der Waals surface area contributed by atoms with Gasteiger partial charge in [-0.1, -0.05) is 42.5 Å². The van der Waals surface area contributed by atoms with Gasteiger partial charge in [-0.25, -0.2) is 4.79 Å². The zero-order valence-corrected chi connectivity index (χ0v) is 12.5. The Bertz CT molecular complexity index is 526. The molecule has 1 N–H and O–H groups in total. The average molecular weight is 367 g/mol. The standard InChI is InChI=1S/C15H14INO2/c16-14-8-6-12(7-9-14)10-17-15(18)19-11-13-4-2-1-3-5-13/h1-9H,10-11H2,(H,17,18). The summed E-state index contributed by atoms with van der Waals surface area (Å²) in [5, 5.41) is 2.73. The maximum atomic E-state index is 11.5. The van der Waals surface area contributed by atoms with Gasteiger partial charge in [-0.2, -0.15) is 0 Å². The Kier molecular flexibility index (Phi) is 5.20.